The van der Waals surface area contributed by atoms with Crippen molar-refractivity contribution < 1.29 is 19.2 Å². The molecule has 0 saturated heterocycles. The summed E-state index contributed by atoms with van der Waals surface area (Å²) in [7, 11) is 5.24. The van der Waals surface area contributed by atoms with E-state index >= 15 is 0 Å². The van der Waals surface area contributed by atoms with E-state index in [2.05, 4.69) is 5.32 Å². The summed E-state index contributed by atoms with van der Waals surface area (Å²) < 4.78 is 10.6. The number of ether oxygens (including phenoxy) is 2. The molecule has 2 aromatic carbocycles. The molecule has 0 fully saturated rings. The molecule has 1 unspecified atom stereocenters. The lowest BCUT2D eigenvalue weighted by Gasteiger charge is -2.16. The zero-order valence-electron chi connectivity index (χ0n) is 13.8. The van der Waals surface area contributed by atoms with Crippen molar-refractivity contribution in [3.63, 3.8) is 0 Å². The van der Waals surface area contributed by atoms with Gasteiger partial charge in [0.2, 0.25) is 0 Å². The summed E-state index contributed by atoms with van der Waals surface area (Å²) in [5.41, 5.74) is 1.85. The first-order chi connectivity index (χ1) is 11.1. The summed E-state index contributed by atoms with van der Waals surface area (Å²) in [6, 6.07) is 15.2. The van der Waals surface area contributed by atoms with Crippen LogP contribution in [0.5, 0.6) is 11.5 Å². The molecule has 0 heterocycles. The Kier molecular flexibility index (Phi) is 6.00. The summed E-state index contributed by atoms with van der Waals surface area (Å²) in [5, 5.41) is 2.89. The van der Waals surface area contributed by atoms with Gasteiger partial charge in [0, 0.05) is 17.3 Å². The van der Waals surface area contributed by atoms with Crippen molar-refractivity contribution in [3.05, 3.63) is 54.1 Å². The number of carbonyl (C=O) groups is 1. The van der Waals surface area contributed by atoms with Crippen molar-refractivity contribution in [1.82, 2.24) is 0 Å². The second-order valence-corrected chi connectivity index (χ2v) is 5.40. The number of para-hydroxylation sites is 1. The van der Waals surface area contributed by atoms with Crippen LogP contribution < -0.4 is 19.7 Å². The topological polar surface area (TPSA) is 52.0 Å². The van der Waals surface area contributed by atoms with Crippen LogP contribution in [0.2, 0.25) is 0 Å². The Bertz CT molecular complexity index is 644. The SMILES string of the molecule is COc1ccc(C[NH+](C)CC(=O)Nc2ccccc2)c(OC)c1. The largest absolute Gasteiger partial charge is 0.497 e. The molecule has 0 aliphatic rings. The molecule has 0 saturated carbocycles. The molecule has 2 rings (SSSR count). The first-order valence-corrected chi connectivity index (χ1v) is 7.49. The quantitative estimate of drug-likeness (QED) is 0.811. The second kappa shape index (κ2) is 8.19. The molecule has 0 aromatic heterocycles. The van der Waals surface area contributed by atoms with Crippen molar-refractivity contribution in [3.8, 4) is 11.5 Å². The predicted octanol–water partition coefficient (Wildman–Crippen LogP) is 1.36. The van der Waals surface area contributed by atoms with Crippen LogP contribution in [-0.4, -0.2) is 33.7 Å². The van der Waals surface area contributed by atoms with Crippen LogP contribution in [0, 0.1) is 0 Å². The van der Waals surface area contributed by atoms with Crippen molar-refractivity contribution in [2.24, 2.45) is 0 Å². The predicted molar refractivity (Wildman–Crippen MR) is 90.1 cm³/mol. The van der Waals surface area contributed by atoms with E-state index < -0.39 is 0 Å². The van der Waals surface area contributed by atoms with Gasteiger partial charge in [0.1, 0.15) is 18.0 Å². The normalized spacial score (nSPS) is 11.6. The smallest absolute Gasteiger partial charge is 0.279 e. The van der Waals surface area contributed by atoms with Crippen LogP contribution in [0.25, 0.3) is 0 Å². The van der Waals surface area contributed by atoms with Crippen molar-refractivity contribution in [1.29, 1.82) is 0 Å². The van der Waals surface area contributed by atoms with Gasteiger partial charge in [-0.05, 0) is 24.3 Å². The number of amides is 1. The van der Waals surface area contributed by atoms with Gasteiger partial charge in [-0.25, -0.2) is 0 Å². The number of likely N-dealkylation sites (N-methyl/N-ethyl adjacent to an activating group) is 1. The van der Waals surface area contributed by atoms with E-state index in [1.54, 1.807) is 14.2 Å². The van der Waals surface area contributed by atoms with Gasteiger partial charge >= 0.3 is 0 Å². The van der Waals surface area contributed by atoms with Gasteiger partial charge in [-0.1, -0.05) is 18.2 Å². The first kappa shape index (κ1) is 16.8. The lowest BCUT2D eigenvalue weighted by atomic mass is 10.2. The van der Waals surface area contributed by atoms with Gasteiger partial charge in [-0.15, -0.1) is 0 Å². The van der Waals surface area contributed by atoms with Crippen LogP contribution in [0.1, 0.15) is 5.56 Å². The van der Waals surface area contributed by atoms with Gasteiger partial charge in [-0.3, -0.25) is 4.79 Å². The van der Waals surface area contributed by atoms with Gasteiger partial charge in [0.25, 0.3) is 5.91 Å². The molecule has 5 nitrogen and oxygen atoms in total. The maximum Gasteiger partial charge on any atom is 0.279 e. The molecule has 1 amide bonds. The van der Waals surface area contributed by atoms with Crippen LogP contribution in [0.15, 0.2) is 48.5 Å². The third-order valence-electron chi connectivity index (χ3n) is 3.51. The highest BCUT2D eigenvalue weighted by molar-refractivity contribution is 5.91. The molecule has 0 aliphatic heterocycles. The number of benzene rings is 2. The fourth-order valence-corrected chi connectivity index (χ4v) is 2.39. The van der Waals surface area contributed by atoms with E-state index in [1.807, 2.05) is 55.6 Å². The zero-order valence-corrected chi connectivity index (χ0v) is 13.8. The molecular formula is C18H23N2O3+. The van der Waals surface area contributed by atoms with Gasteiger partial charge in [-0.2, -0.15) is 0 Å². The maximum absolute atomic E-state index is 12.1. The van der Waals surface area contributed by atoms with E-state index in [1.165, 1.54) is 0 Å². The van der Waals surface area contributed by atoms with Crippen molar-refractivity contribution in [2.45, 2.75) is 6.54 Å². The molecular weight excluding hydrogens is 292 g/mol. The van der Waals surface area contributed by atoms with E-state index in [4.69, 9.17) is 9.47 Å². The monoisotopic (exact) mass is 315 g/mol. The zero-order chi connectivity index (χ0) is 16.7. The Hall–Kier alpha value is -2.53. The lowest BCUT2D eigenvalue weighted by molar-refractivity contribution is -0.885. The third kappa shape index (κ3) is 5.00. The molecule has 5 heteroatoms. The van der Waals surface area contributed by atoms with E-state index in [-0.39, 0.29) is 5.91 Å². The molecule has 23 heavy (non-hydrogen) atoms. The minimum Gasteiger partial charge on any atom is -0.497 e. The molecule has 1 atom stereocenters. The van der Waals surface area contributed by atoms with E-state index in [9.17, 15) is 4.79 Å². The molecule has 2 N–H and O–H groups in total. The van der Waals surface area contributed by atoms with Crippen LogP contribution in [0.4, 0.5) is 5.69 Å². The summed E-state index contributed by atoms with van der Waals surface area (Å²) in [6.45, 7) is 1.07. The summed E-state index contributed by atoms with van der Waals surface area (Å²) in [4.78, 5) is 13.2. The van der Waals surface area contributed by atoms with Crippen LogP contribution >= 0.6 is 0 Å². The average Bonchev–Trinajstić information content (AvgIpc) is 2.55. The minimum atomic E-state index is -0.0128. The summed E-state index contributed by atoms with van der Waals surface area (Å²) in [5.74, 6) is 1.51. The molecule has 122 valence electrons. The second-order valence-electron chi connectivity index (χ2n) is 5.40. The van der Waals surface area contributed by atoms with Gasteiger partial charge < -0.3 is 19.7 Å². The first-order valence-electron chi connectivity index (χ1n) is 7.49. The Morgan fingerprint density at radius 3 is 2.48 bits per heavy atom. The molecule has 0 spiro atoms. The van der Waals surface area contributed by atoms with Crippen LogP contribution in [0.3, 0.4) is 0 Å². The van der Waals surface area contributed by atoms with Crippen molar-refractivity contribution in [2.75, 3.05) is 33.1 Å². The Morgan fingerprint density at radius 1 is 1.09 bits per heavy atom. The summed E-state index contributed by atoms with van der Waals surface area (Å²) in [6.07, 6.45) is 0. The standard InChI is InChI=1S/C18H22N2O3/c1-20(13-18(21)19-15-7-5-4-6-8-15)12-14-9-10-16(22-2)11-17(14)23-3/h4-11H,12-13H2,1-3H3,(H,19,21)/p+1. The number of methoxy groups -OCH3 is 2. The van der Waals surface area contributed by atoms with E-state index in [0.29, 0.717) is 13.1 Å². The Balaban J connectivity index is 1.94. The number of carbonyl (C=O) groups excluding carboxylic acids is 1. The Labute approximate surface area is 136 Å². The van der Waals surface area contributed by atoms with Crippen LogP contribution in [-0.2, 0) is 11.3 Å². The van der Waals surface area contributed by atoms with E-state index in [0.717, 1.165) is 27.6 Å². The summed E-state index contributed by atoms with van der Waals surface area (Å²) >= 11 is 0. The minimum absolute atomic E-state index is 0.0128. The molecule has 0 bridgehead atoms. The van der Waals surface area contributed by atoms with Crippen molar-refractivity contribution >= 4 is 11.6 Å². The molecule has 0 aliphatic carbocycles. The third-order valence-corrected chi connectivity index (χ3v) is 3.51. The number of hydrogen-bond donors (Lipinski definition) is 2. The number of anilines is 1. The highest BCUT2D eigenvalue weighted by atomic mass is 16.5. The fraction of sp³-hybridized carbons (Fsp3) is 0.278. The van der Waals surface area contributed by atoms with Gasteiger partial charge in [0.05, 0.1) is 21.3 Å². The molecule has 0 radical (unpaired) electrons. The highest BCUT2D eigenvalue weighted by Crippen LogP contribution is 2.23. The lowest BCUT2D eigenvalue weighted by Crippen LogP contribution is -3.08. The highest BCUT2D eigenvalue weighted by Gasteiger charge is 2.14. The molecule has 2 aromatic rings. The number of hydrogen-bond acceptors (Lipinski definition) is 3. The average molecular weight is 315 g/mol. The number of rotatable bonds is 7. The fourth-order valence-electron chi connectivity index (χ4n) is 2.39. The number of quaternary nitrogens is 1. The number of nitrogens with one attached hydrogen (secondary N) is 2. The maximum atomic E-state index is 12.1. The Morgan fingerprint density at radius 2 is 1.83 bits per heavy atom. The van der Waals surface area contributed by atoms with Gasteiger partial charge in [0.15, 0.2) is 6.54 Å².